The van der Waals surface area contributed by atoms with Crippen LogP contribution >= 0.6 is 0 Å². The van der Waals surface area contributed by atoms with Gasteiger partial charge in [0.05, 0.1) is 0 Å². The lowest BCUT2D eigenvalue weighted by Crippen LogP contribution is -2.19. The molecule has 2 aromatic rings. The van der Waals surface area contributed by atoms with E-state index in [2.05, 4.69) is 42.3 Å². The Balaban J connectivity index is 1.78. The van der Waals surface area contributed by atoms with Gasteiger partial charge in [0, 0.05) is 30.0 Å². The van der Waals surface area contributed by atoms with Crippen LogP contribution in [-0.4, -0.2) is 19.0 Å². The Morgan fingerprint density at radius 1 is 1.04 bits per heavy atom. The fraction of sp³-hybridized carbons (Fsp3) is 0.286. The number of hydrogen-bond donors (Lipinski definition) is 1. The molecule has 0 saturated heterocycles. The Labute approximate surface area is 144 Å². The highest BCUT2D eigenvalue weighted by molar-refractivity contribution is 6.05. The second kappa shape index (κ2) is 6.91. The number of carbonyl (C=O) groups is 1. The summed E-state index contributed by atoms with van der Waals surface area (Å²) in [5.74, 6) is 0.308. The van der Waals surface area contributed by atoms with Crippen molar-refractivity contribution in [3.63, 3.8) is 0 Å². The number of para-hydroxylation sites is 1. The number of carbonyl (C=O) groups excluding carboxylic acids is 1. The molecule has 24 heavy (non-hydrogen) atoms. The van der Waals surface area contributed by atoms with Crippen molar-refractivity contribution < 1.29 is 4.79 Å². The Hall–Kier alpha value is -2.55. The maximum atomic E-state index is 12.6. The summed E-state index contributed by atoms with van der Waals surface area (Å²) in [6.07, 6.45) is 4.32. The molecule has 0 spiro atoms. The highest BCUT2D eigenvalue weighted by Crippen LogP contribution is 2.28. The molecule has 0 saturated carbocycles. The van der Waals surface area contributed by atoms with Crippen molar-refractivity contribution in [3.8, 4) is 0 Å². The van der Waals surface area contributed by atoms with Crippen LogP contribution in [0.4, 0.5) is 11.4 Å². The maximum Gasteiger partial charge on any atom is 0.255 e. The monoisotopic (exact) mass is 320 g/mol. The lowest BCUT2D eigenvalue weighted by Gasteiger charge is -2.18. The van der Waals surface area contributed by atoms with Crippen molar-refractivity contribution >= 4 is 17.3 Å². The van der Waals surface area contributed by atoms with Crippen LogP contribution in [0.25, 0.3) is 0 Å². The van der Waals surface area contributed by atoms with Gasteiger partial charge in [-0.05, 0) is 48.2 Å². The highest BCUT2D eigenvalue weighted by Gasteiger charge is 2.14. The molecular weight excluding hydrogens is 296 g/mol. The summed E-state index contributed by atoms with van der Waals surface area (Å²) in [7, 11) is 0. The molecule has 1 N–H and O–H groups in total. The van der Waals surface area contributed by atoms with E-state index in [1.165, 1.54) is 5.56 Å². The molecule has 0 bridgehead atoms. The van der Waals surface area contributed by atoms with Gasteiger partial charge in [0.2, 0.25) is 0 Å². The number of hydrogen-bond acceptors (Lipinski definition) is 2. The van der Waals surface area contributed by atoms with Crippen LogP contribution in [0.1, 0.15) is 41.3 Å². The van der Waals surface area contributed by atoms with Gasteiger partial charge in [0.1, 0.15) is 0 Å². The van der Waals surface area contributed by atoms with Gasteiger partial charge in [0.25, 0.3) is 5.91 Å². The summed E-state index contributed by atoms with van der Waals surface area (Å²) < 4.78 is 0. The molecular formula is C21H24N2O. The van der Waals surface area contributed by atoms with Gasteiger partial charge in [-0.25, -0.2) is 0 Å². The van der Waals surface area contributed by atoms with Crippen molar-refractivity contribution in [2.45, 2.75) is 26.7 Å². The first-order valence-corrected chi connectivity index (χ1v) is 8.47. The Kier molecular flexibility index (Phi) is 4.70. The van der Waals surface area contributed by atoms with Gasteiger partial charge in [-0.15, -0.1) is 0 Å². The summed E-state index contributed by atoms with van der Waals surface area (Å²) in [4.78, 5) is 14.9. The maximum absolute atomic E-state index is 12.6. The van der Waals surface area contributed by atoms with Crippen molar-refractivity contribution in [1.82, 2.24) is 0 Å². The average Bonchev–Trinajstić information content (AvgIpc) is 3.11. The quantitative estimate of drug-likeness (QED) is 0.825. The van der Waals surface area contributed by atoms with E-state index in [1.54, 1.807) is 0 Å². The van der Waals surface area contributed by atoms with Crippen molar-refractivity contribution in [2.24, 2.45) is 0 Å². The largest absolute Gasteiger partial charge is 0.364 e. The van der Waals surface area contributed by atoms with Crippen LogP contribution in [-0.2, 0) is 0 Å². The van der Waals surface area contributed by atoms with Crippen LogP contribution in [0, 0.1) is 6.92 Å². The average molecular weight is 320 g/mol. The summed E-state index contributed by atoms with van der Waals surface area (Å²) in [6, 6.07) is 14.0. The van der Waals surface area contributed by atoms with E-state index in [9.17, 15) is 4.79 Å². The molecule has 3 rings (SSSR count). The van der Waals surface area contributed by atoms with E-state index in [0.29, 0.717) is 11.5 Å². The molecule has 0 aromatic heterocycles. The lowest BCUT2D eigenvalue weighted by atomic mass is 9.98. The van der Waals surface area contributed by atoms with Crippen LogP contribution in [0.3, 0.4) is 0 Å². The van der Waals surface area contributed by atoms with Crippen molar-refractivity contribution in [3.05, 3.63) is 71.3 Å². The van der Waals surface area contributed by atoms with Crippen LogP contribution in [0.15, 0.2) is 54.6 Å². The number of rotatable bonds is 4. The molecule has 1 aliphatic heterocycles. The summed E-state index contributed by atoms with van der Waals surface area (Å²) in [5.41, 5.74) is 5.03. The van der Waals surface area contributed by atoms with Crippen LogP contribution in [0.5, 0.6) is 0 Å². The predicted molar refractivity (Wildman–Crippen MR) is 101 cm³/mol. The van der Waals surface area contributed by atoms with Crippen LogP contribution < -0.4 is 10.2 Å². The third kappa shape index (κ3) is 3.35. The second-order valence-corrected chi connectivity index (χ2v) is 6.57. The fourth-order valence-corrected chi connectivity index (χ4v) is 3.04. The van der Waals surface area contributed by atoms with Gasteiger partial charge in [-0.1, -0.05) is 44.2 Å². The molecule has 1 aliphatic rings. The predicted octanol–water partition coefficient (Wildman–Crippen LogP) is 4.75. The smallest absolute Gasteiger partial charge is 0.255 e. The number of anilines is 2. The number of nitrogens with one attached hydrogen (secondary N) is 1. The van der Waals surface area contributed by atoms with Gasteiger partial charge < -0.3 is 10.2 Å². The van der Waals surface area contributed by atoms with E-state index < -0.39 is 0 Å². The standard InChI is InChI=1S/C21H24N2O/c1-15(2)19-8-6-7-16(3)20(19)22-21(24)17-9-11-18(12-10-17)23-13-4-5-14-23/h4-12,15H,13-14H2,1-3H3,(H,22,24). The minimum absolute atomic E-state index is 0.0581. The second-order valence-electron chi connectivity index (χ2n) is 6.57. The molecule has 3 nitrogen and oxygen atoms in total. The fourth-order valence-electron chi connectivity index (χ4n) is 3.04. The molecule has 0 unspecified atom stereocenters. The summed E-state index contributed by atoms with van der Waals surface area (Å²) >= 11 is 0. The van der Waals surface area contributed by atoms with E-state index >= 15 is 0 Å². The first kappa shape index (κ1) is 16.3. The molecule has 3 heteroatoms. The third-order valence-corrected chi connectivity index (χ3v) is 4.48. The zero-order valence-electron chi connectivity index (χ0n) is 14.5. The minimum atomic E-state index is -0.0581. The van der Waals surface area contributed by atoms with E-state index in [0.717, 1.165) is 30.0 Å². The summed E-state index contributed by atoms with van der Waals surface area (Å²) in [6.45, 7) is 8.19. The van der Waals surface area contributed by atoms with E-state index in [1.807, 2.05) is 43.3 Å². The Morgan fingerprint density at radius 3 is 2.33 bits per heavy atom. The Bertz CT molecular complexity index is 752. The molecule has 0 aliphatic carbocycles. The minimum Gasteiger partial charge on any atom is -0.364 e. The van der Waals surface area contributed by atoms with Gasteiger partial charge >= 0.3 is 0 Å². The van der Waals surface area contributed by atoms with Crippen molar-refractivity contribution in [2.75, 3.05) is 23.3 Å². The molecule has 0 atom stereocenters. The normalized spacial score (nSPS) is 13.6. The zero-order valence-corrected chi connectivity index (χ0v) is 14.5. The molecule has 1 amide bonds. The van der Waals surface area contributed by atoms with E-state index in [4.69, 9.17) is 0 Å². The number of amides is 1. The van der Waals surface area contributed by atoms with E-state index in [-0.39, 0.29) is 5.91 Å². The zero-order chi connectivity index (χ0) is 17.1. The van der Waals surface area contributed by atoms with Gasteiger partial charge in [-0.2, -0.15) is 0 Å². The lowest BCUT2D eigenvalue weighted by molar-refractivity contribution is 0.102. The van der Waals surface area contributed by atoms with Crippen LogP contribution in [0.2, 0.25) is 0 Å². The SMILES string of the molecule is Cc1cccc(C(C)C)c1NC(=O)c1ccc(N2CC=CC2)cc1. The number of benzene rings is 2. The molecule has 2 aromatic carbocycles. The molecule has 0 radical (unpaired) electrons. The van der Waals surface area contributed by atoms with Gasteiger partial charge in [-0.3, -0.25) is 4.79 Å². The third-order valence-electron chi connectivity index (χ3n) is 4.48. The first-order valence-electron chi connectivity index (χ1n) is 8.47. The molecule has 1 heterocycles. The topological polar surface area (TPSA) is 32.3 Å². The summed E-state index contributed by atoms with van der Waals surface area (Å²) in [5, 5.41) is 3.10. The molecule has 124 valence electrons. The first-order chi connectivity index (χ1) is 11.6. The number of aryl methyl sites for hydroxylation is 1. The van der Waals surface area contributed by atoms with Crippen molar-refractivity contribution in [1.29, 1.82) is 0 Å². The number of nitrogens with zero attached hydrogens (tertiary/aromatic N) is 1. The van der Waals surface area contributed by atoms with Gasteiger partial charge in [0.15, 0.2) is 0 Å². The highest BCUT2D eigenvalue weighted by atomic mass is 16.1. The molecule has 0 fully saturated rings. The Morgan fingerprint density at radius 2 is 1.71 bits per heavy atom.